The number of hydrogen-bond acceptors (Lipinski definition) is 2. The third-order valence-electron chi connectivity index (χ3n) is 3.03. The summed E-state index contributed by atoms with van der Waals surface area (Å²) in [6.45, 7) is 1.69. The number of urea groups is 1. The molecule has 0 aromatic heterocycles. The number of hydrogen-bond donors (Lipinski definition) is 3. The molecule has 0 aromatic carbocycles. The van der Waals surface area contributed by atoms with E-state index in [0.717, 1.165) is 12.8 Å². The van der Waals surface area contributed by atoms with Gasteiger partial charge < -0.3 is 15.7 Å². The van der Waals surface area contributed by atoms with Crippen molar-refractivity contribution in [3.63, 3.8) is 0 Å². The van der Waals surface area contributed by atoms with Crippen molar-refractivity contribution in [2.75, 3.05) is 0 Å². The van der Waals surface area contributed by atoms with E-state index >= 15 is 0 Å². The minimum atomic E-state index is -0.891. The van der Waals surface area contributed by atoms with Crippen LogP contribution in [-0.4, -0.2) is 28.7 Å². The van der Waals surface area contributed by atoms with Crippen LogP contribution >= 0.6 is 0 Å². The van der Waals surface area contributed by atoms with E-state index < -0.39 is 17.5 Å². The van der Waals surface area contributed by atoms with Gasteiger partial charge in [0.1, 0.15) is 0 Å². The smallest absolute Gasteiger partial charge is 0.316 e. The van der Waals surface area contributed by atoms with Crippen molar-refractivity contribution in [2.45, 2.75) is 50.6 Å². The SMILES string of the molecule is C#CC(C)NC(=O)NC1(CC(=O)O)CCCC1. The second kappa shape index (κ2) is 5.58. The molecule has 1 fully saturated rings. The topological polar surface area (TPSA) is 78.4 Å². The number of nitrogens with one attached hydrogen (secondary N) is 2. The van der Waals surface area contributed by atoms with E-state index in [1.807, 2.05) is 0 Å². The van der Waals surface area contributed by atoms with Crippen molar-refractivity contribution in [1.82, 2.24) is 10.6 Å². The summed E-state index contributed by atoms with van der Waals surface area (Å²) in [6, 6.07) is -0.753. The normalized spacial score (nSPS) is 19.1. The number of carboxylic acid groups (broad SMARTS) is 1. The van der Waals surface area contributed by atoms with E-state index in [-0.39, 0.29) is 12.5 Å². The zero-order chi connectivity index (χ0) is 12.9. The summed E-state index contributed by atoms with van der Waals surface area (Å²) in [5.41, 5.74) is -0.607. The van der Waals surface area contributed by atoms with Gasteiger partial charge in [-0.2, -0.15) is 0 Å². The molecule has 0 bridgehead atoms. The number of carboxylic acids is 1. The number of carbonyl (C=O) groups excluding carboxylic acids is 1. The molecule has 5 heteroatoms. The lowest BCUT2D eigenvalue weighted by Gasteiger charge is -2.29. The molecule has 17 heavy (non-hydrogen) atoms. The predicted octanol–water partition coefficient (Wildman–Crippen LogP) is 1.09. The van der Waals surface area contributed by atoms with Gasteiger partial charge in [0.15, 0.2) is 0 Å². The molecule has 1 aliphatic rings. The molecule has 1 aliphatic carbocycles. The van der Waals surface area contributed by atoms with E-state index in [9.17, 15) is 9.59 Å². The number of terminal acetylenes is 1. The van der Waals surface area contributed by atoms with Gasteiger partial charge in [-0.05, 0) is 19.8 Å². The van der Waals surface area contributed by atoms with Crippen LogP contribution < -0.4 is 10.6 Å². The molecule has 2 amide bonds. The van der Waals surface area contributed by atoms with Crippen LogP contribution in [0.5, 0.6) is 0 Å². The van der Waals surface area contributed by atoms with Crippen molar-refractivity contribution >= 4 is 12.0 Å². The number of aliphatic carboxylic acids is 1. The maximum absolute atomic E-state index is 11.6. The van der Waals surface area contributed by atoms with Crippen LogP contribution in [0.4, 0.5) is 4.79 Å². The Labute approximate surface area is 101 Å². The Morgan fingerprint density at radius 3 is 2.53 bits per heavy atom. The summed E-state index contributed by atoms with van der Waals surface area (Å²) in [5, 5.41) is 14.2. The van der Waals surface area contributed by atoms with Crippen LogP contribution in [0.1, 0.15) is 39.0 Å². The highest BCUT2D eigenvalue weighted by Crippen LogP contribution is 2.32. The Bertz CT molecular complexity index is 340. The van der Waals surface area contributed by atoms with Crippen molar-refractivity contribution < 1.29 is 14.7 Å². The highest BCUT2D eigenvalue weighted by atomic mass is 16.4. The molecule has 3 N–H and O–H groups in total. The first-order valence-corrected chi connectivity index (χ1v) is 5.74. The highest BCUT2D eigenvalue weighted by molar-refractivity contribution is 5.77. The maximum atomic E-state index is 11.6. The largest absolute Gasteiger partial charge is 0.481 e. The number of amides is 2. The third-order valence-corrected chi connectivity index (χ3v) is 3.03. The van der Waals surface area contributed by atoms with Crippen LogP contribution in [0.15, 0.2) is 0 Å². The quantitative estimate of drug-likeness (QED) is 0.642. The average Bonchev–Trinajstić information content (AvgIpc) is 2.64. The molecule has 0 spiro atoms. The lowest BCUT2D eigenvalue weighted by Crippen LogP contribution is -2.53. The molecule has 94 valence electrons. The van der Waals surface area contributed by atoms with Gasteiger partial charge in [0.25, 0.3) is 0 Å². The van der Waals surface area contributed by atoms with Gasteiger partial charge >= 0.3 is 12.0 Å². The van der Waals surface area contributed by atoms with Gasteiger partial charge in [0.05, 0.1) is 18.0 Å². The molecule has 0 aromatic rings. The molecule has 0 heterocycles. The van der Waals surface area contributed by atoms with Gasteiger partial charge in [-0.3, -0.25) is 4.79 Å². The van der Waals surface area contributed by atoms with Gasteiger partial charge in [0.2, 0.25) is 0 Å². The molecular weight excluding hydrogens is 220 g/mol. The van der Waals surface area contributed by atoms with Crippen LogP contribution in [0.25, 0.3) is 0 Å². The molecule has 0 aliphatic heterocycles. The molecule has 1 saturated carbocycles. The summed E-state index contributed by atoms with van der Waals surface area (Å²) < 4.78 is 0. The number of rotatable bonds is 4. The fraction of sp³-hybridized carbons (Fsp3) is 0.667. The minimum Gasteiger partial charge on any atom is -0.481 e. The second-order valence-electron chi connectivity index (χ2n) is 4.54. The van der Waals surface area contributed by atoms with Crippen LogP contribution in [-0.2, 0) is 4.79 Å². The van der Waals surface area contributed by atoms with Crippen molar-refractivity contribution in [2.24, 2.45) is 0 Å². The van der Waals surface area contributed by atoms with Crippen molar-refractivity contribution in [1.29, 1.82) is 0 Å². The first-order valence-electron chi connectivity index (χ1n) is 5.74. The second-order valence-corrected chi connectivity index (χ2v) is 4.54. The first-order chi connectivity index (χ1) is 7.97. The summed E-state index contributed by atoms with van der Waals surface area (Å²) in [7, 11) is 0. The Morgan fingerprint density at radius 2 is 2.06 bits per heavy atom. The standard InChI is InChI=1S/C12H18N2O3/c1-3-9(2)13-11(17)14-12(8-10(15)16)6-4-5-7-12/h1,9H,4-8H2,2H3,(H,15,16)(H2,13,14,17). The number of carbonyl (C=O) groups is 2. The van der Waals surface area contributed by atoms with Gasteiger partial charge in [-0.25, -0.2) is 4.79 Å². The zero-order valence-electron chi connectivity index (χ0n) is 9.95. The molecular formula is C12H18N2O3. The molecule has 1 rings (SSSR count). The van der Waals surface area contributed by atoms with E-state index in [2.05, 4.69) is 16.6 Å². The average molecular weight is 238 g/mol. The Kier molecular flexibility index (Phi) is 4.38. The predicted molar refractivity (Wildman–Crippen MR) is 63.4 cm³/mol. The van der Waals surface area contributed by atoms with Crippen molar-refractivity contribution in [3.8, 4) is 12.3 Å². The fourth-order valence-corrected chi connectivity index (χ4v) is 2.20. The Balaban J connectivity index is 2.58. The summed E-state index contributed by atoms with van der Waals surface area (Å²) in [6.07, 6.45) is 8.42. The summed E-state index contributed by atoms with van der Waals surface area (Å²) in [4.78, 5) is 22.5. The maximum Gasteiger partial charge on any atom is 0.316 e. The van der Waals surface area contributed by atoms with Crippen LogP contribution in [0, 0.1) is 12.3 Å². The van der Waals surface area contributed by atoms with E-state index in [0.29, 0.717) is 12.8 Å². The lowest BCUT2D eigenvalue weighted by molar-refractivity contribution is -0.138. The third kappa shape index (κ3) is 3.99. The highest BCUT2D eigenvalue weighted by Gasteiger charge is 2.37. The Hall–Kier alpha value is -1.70. The molecule has 0 radical (unpaired) electrons. The minimum absolute atomic E-state index is 0.0369. The van der Waals surface area contributed by atoms with E-state index in [4.69, 9.17) is 11.5 Å². The van der Waals surface area contributed by atoms with Crippen LogP contribution in [0.3, 0.4) is 0 Å². The molecule has 1 unspecified atom stereocenters. The first kappa shape index (κ1) is 13.4. The molecule has 0 saturated heterocycles. The monoisotopic (exact) mass is 238 g/mol. The zero-order valence-corrected chi connectivity index (χ0v) is 9.95. The van der Waals surface area contributed by atoms with Crippen LogP contribution in [0.2, 0.25) is 0 Å². The van der Waals surface area contributed by atoms with Gasteiger partial charge in [-0.1, -0.05) is 18.8 Å². The van der Waals surface area contributed by atoms with Gasteiger partial charge in [-0.15, -0.1) is 6.42 Å². The Morgan fingerprint density at radius 1 is 1.47 bits per heavy atom. The van der Waals surface area contributed by atoms with Crippen molar-refractivity contribution in [3.05, 3.63) is 0 Å². The van der Waals surface area contributed by atoms with E-state index in [1.54, 1.807) is 6.92 Å². The lowest BCUT2D eigenvalue weighted by atomic mass is 9.93. The summed E-state index contributed by atoms with van der Waals surface area (Å²) >= 11 is 0. The molecule has 5 nitrogen and oxygen atoms in total. The summed E-state index contributed by atoms with van der Waals surface area (Å²) in [5.74, 6) is 1.49. The fourth-order valence-electron chi connectivity index (χ4n) is 2.20. The molecule has 1 atom stereocenters. The van der Waals surface area contributed by atoms with Gasteiger partial charge in [0, 0.05) is 0 Å². The van der Waals surface area contributed by atoms with E-state index in [1.165, 1.54) is 0 Å².